The number of benzene rings is 2. The lowest BCUT2D eigenvalue weighted by Crippen LogP contribution is -2.23. The maximum absolute atomic E-state index is 13.1. The third-order valence-electron chi connectivity index (χ3n) is 10.1. The van der Waals surface area contributed by atoms with Crippen molar-refractivity contribution < 1.29 is 19.7 Å². The summed E-state index contributed by atoms with van der Waals surface area (Å²) in [6, 6.07) is 13.7. The summed E-state index contributed by atoms with van der Waals surface area (Å²) in [6.07, 6.45) is 5.77. The fourth-order valence-electron chi connectivity index (χ4n) is 7.54. The van der Waals surface area contributed by atoms with E-state index in [2.05, 4.69) is 33.6 Å². The minimum absolute atomic E-state index is 0.0227. The number of thioether (sulfide) groups is 1. The van der Waals surface area contributed by atoms with Crippen molar-refractivity contribution in [2.45, 2.75) is 69.3 Å². The van der Waals surface area contributed by atoms with E-state index in [-0.39, 0.29) is 12.4 Å². The van der Waals surface area contributed by atoms with Crippen LogP contribution in [-0.4, -0.2) is 70.5 Å². The molecule has 6 aromatic rings. The molecule has 1 aliphatic heterocycles. The third kappa shape index (κ3) is 6.80. The van der Waals surface area contributed by atoms with Crippen LogP contribution in [0.5, 0.6) is 5.75 Å². The molecule has 0 spiro atoms. The number of aliphatic hydroxyl groups is 1. The molecule has 0 aliphatic carbocycles. The molecule has 272 valence electrons. The van der Waals surface area contributed by atoms with Gasteiger partial charge in [0.25, 0.3) is 0 Å². The lowest BCUT2D eigenvalue weighted by Gasteiger charge is -2.20. The third-order valence-corrected chi connectivity index (χ3v) is 11.4. The van der Waals surface area contributed by atoms with Crippen LogP contribution >= 0.6 is 23.4 Å². The summed E-state index contributed by atoms with van der Waals surface area (Å²) in [5.41, 5.74) is 8.88. The summed E-state index contributed by atoms with van der Waals surface area (Å²) in [5.74, 6) is 0.469. The highest BCUT2D eigenvalue weighted by molar-refractivity contribution is 7.98. The van der Waals surface area contributed by atoms with Gasteiger partial charge in [0.15, 0.2) is 0 Å². The van der Waals surface area contributed by atoms with Crippen LogP contribution in [-0.2, 0) is 57.1 Å². The molecule has 2 N–H and O–H groups in total. The molecule has 11 nitrogen and oxygen atoms in total. The number of carbonyl (C=O) groups is 1. The molecule has 13 heteroatoms. The largest absolute Gasteiger partial charge is 0.506 e. The SMILES string of the molecule is CCN(Cc1cc(CSc2cc(O)c3ncccc3c2)n(C)n1)Cc1nn2c(c1-c1c(Cl)ccc3c(CCCO)c(C(=O)OC)n(C)c13)CCCC2. The molecule has 1 aliphatic rings. The zero-order chi connectivity index (χ0) is 36.5. The van der Waals surface area contributed by atoms with E-state index >= 15 is 0 Å². The lowest BCUT2D eigenvalue weighted by atomic mass is 9.95. The Balaban J connectivity index is 1.20. The molecule has 0 saturated heterocycles. The van der Waals surface area contributed by atoms with Crippen LogP contribution in [0.15, 0.2) is 53.6 Å². The summed E-state index contributed by atoms with van der Waals surface area (Å²) >= 11 is 8.79. The second-order valence-electron chi connectivity index (χ2n) is 13.3. The van der Waals surface area contributed by atoms with Gasteiger partial charge >= 0.3 is 5.97 Å². The molecular formula is C39H44ClN7O4S. The highest BCUT2D eigenvalue weighted by Gasteiger charge is 2.30. The van der Waals surface area contributed by atoms with Gasteiger partial charge in [-0.15, -0.1) is 11.8 Å². The van der Waals surface area contributed by atoms with Crippen LogP contribution in [0.4, 0.5) is 0 Å². The Labute approximate surface area is 312 Å². The number of aromatic nitrogens is 6. The predicted octanol–water partition coefficient (Wildman–Crippen LogP) is 7.04. The van der Waals surface area contributed by atoms with Crippen molar-refractivity contribution in [3.8, 4) is 16.9 Å². The number of pyridine rings is 1. The average Bonchev–Trinajstić information content (AvgIpc) is 3.78. The summed E-state index contributed by atoms with van der Waals surface area (Å²) < 4.78 is 11.2. The van der Waals surface area contributed by atoms with Gasteiger partial charge in [0.1, 0.15) is 17.0 Å². The number of hydrogen-bond donors (Lipinski definition) is 2. The Morgan fingerprint density at radius 2 is 1.94 bits per heavy atom. The number of carbonyl (C=O) groups excluding carboxylic acids is 1. The summed E-state index contributed by atoms with van der Waals surface area (Å²) in [7, 11) is 5.26. The van der Waals surface area contributed by atoms with Gasteiger partial charge in [-0.1, -0.05) is 30.7 Å². The van der Waals surface area contributed by atoms with E-state index in [1.54, 1.807) is 24.0 Å². The van der Waals surface area contributed by atoms with E-state index in [4.69, 9.17) is 26.5 Å². The van der Waals surface area contributed by atoms with Crippen LogP contribution in [0.25, 0.3) is 32.9 Å². The zero-order valence-electron chi connectivity index (χ0n) is 30.0. The first-order valence-electron chi connectivity index (χ1n) is 17.7. The highest BCUT2D eigenvalue weighted by atomic mass is 35.5. The number of fused-ring (bicyclic) bond motifs is 3. The summed E-state index contributed by atoms with van der Waals surface area (Å²) in [4.78, 5) is 20.8. The van der Waals surface area contributed by atoms with E-state index < -0.39 is 5.97 Å². The van der Waals surface area contributed by atoms with Crippen LogP contribution in [0.1, 0.15) is 65.0 Å². The number of aliphatic hydroxyl groups excluding tert-OH is 1. The molecule has 0 amide bonds. The maximum Gasteiger partial charge on any atom is 0.354 e. The molecule has 0 fully saturated rings. The number of phenolic OH excluding ortho intramolecular Hbond substituents is 1. The molecular weight excluding hydrogens is 698 g/mol. The summed E-state index contributed by atoms with van der Waals surface area (Å²) in [5, 5.41) is 32.7. The van der Waals surface area contributed by atoms with Crippen molar-refractivity contribution >= 4 is 51.1 Å². The Hall–Kier alpha value is -4.36. The molecule has 4 aromatic heterocycles. The zero-order valence-corrected chi connectivity index (χ0v) is 31.6. The minimum Gasteiger partial charge on any atom is -0.506 e. The highest BCUT2D eigenvalue weighted by Crippen LogP contribution is 2.43. The molecule has 7 rings (SSSR count). The number of hydrogen-bond acceptors (Lipinski definition) is 9. The van der Waals surface area contributed by atoms with Crippen molar-refractivity contribution in [2.24, 2.45) is 14.1 Å². The predicted molar refractivity (Wildman–Crippen MR) is 205 cm³/mol. The number of aryl methyl sites for hydroxylation is 4. The molecule has 0 unspecified atom stereocenters. The van der Waals surface area contributed by atoms with Crippen molar-refractivity contribution in [1.82, 2.24) is 34.0 Å². The Morgan fingerprint density at radius 1 is 1.10 bits per heavy atom. The molecule has 0 bridgehead atoms. The standard InChI is InChI=1S/C39H44ClN7O4S/c1-5-46(21-25-19-26(45(3)42-25)23-52-27-18-24-10-8-15-41-36(24)33(49)20-27)22-31-35(32-12-6-7-16-47(32)43-31)34-30(40)14-13-29-28(11-9-17-48)38(39(50)51-4)44(2)37(29)34/h8,10,13-15,18-20,48-49H,5-7,9,11-12,16-17,21-23H2,1-4H3. The van der Waals surface area contributed by atoms with Gasteiger partial charge in [-0.3, -0.25) is 19.2 Å². The van der Waals surface area contributed by atoms with E-state index in [0.29, 0.717) is 47.9 Å². The van der Waals surface area contributed by atoms with Crippen LogP contribution < -0.4 is 0 Å². The maximum atomic E-state index is 13.1. The van der Waals surface area contributed by atoms with Crippen LogP contribution in [0.3, 0.4) is 0 Å². The van der Waals surface area contributed by atoms with Gasteiger partial charge in [-0.05, 0) is 74.5 Å². The van der Waals surface area contributed by atoms with E-state index in [1.165, 1.54) is 7.11 Å². The molecule has 52 heavy (non-hydrogen) atoms. The van der Waals surface area contributed by atoms with Crippen molar-refractivity contribution in [3.63, 3.8) is 0 Å². The van der Waals surface area contributed by atoms with E-state index in [1.807, 2.05) is 47.6 Å². The van der Waals surface area contributed by atoms with Gasteiger partial charge in [-0.2, -0.15) is 10.2 Å². The Morgan fingerprint density at radius 3 is 2.73 bits per heavy atom. The number of aromatic hydroxyl groups is 1. The van der Waals surface area contributed by atoms with Crippen molar-refractivity contribution in [1.29, 1.82) is 0 Å². The minimum atomic E-state index is -0.413. The normalized spacial score (nSPS) is 13.1. The van der Waals surface area contributed by atoms with Gasteiger partial charge < -0.3 is 19.5 Å². The number of nitrogens with zero attached hydrogens (tertiary/aromatic N) is 7. The summed E-state index contributed by atoms with van der Waals surface area (Å²) in [6.45, 7) is 5.03. The number of rotatable bonds is 13. The number of ether oxygens (including phenoxy) is 1. The number of methoxy groups -OCH3 is 1. The number of phenols is 1. The number of esters is 1. The van der Waals surface area contributed by atoms with Gasteiger partial charge in [0, 0.05) is 90.5 Å². The van der Waals surface area contributed by atoms with E-state index in [9.17, 15) is 15.0 Å². The first-order valence-corrected chi connectivity index (χ1v) is 19.1. The van der Waals surface area contributed by atoms with Gasteiger partial charge in [0.05, 0.1) is 29.0 Å². The fourth-order valence-corrected chi connectivity index (χ4v) is 8.78. The van der Waals surface area contributed by atoms with Crippen molar-refractivity contribution in [3.05, 3.63) is 87.7 Å². The van der Waals surface area contributed by atoms with Gasteiger partial charge in [0.2, 0.25) is 0 Å². The lowest BCUT2D eigenvalue weighted by molar-refractivity contribution is 0.0589. The topological polar surface area (TPSA) is 123 Å². The smallest absolute Gasteiger partial charge is 0.354 e. The van der Waals surface area contributed by atoms with Crippen molar-refractivity contribution in [2.75, 3.05) is 20.3 Å². The number of halogens is 1. The average molecular weight is 742 g/mol. The Kier molecular flexibility index (Phi) is 10.6. The van der Waals surface area contributed by atoms with Gasteiger partial charge in [-0.25, -0.2) is 4.79 Å². The Bertz CT molecular complexity index is 2280. The fraction of sp³-hybridized carbons (Fsp3) is 0.385. The van der Waals surface area contributed by atoms with E-state index in [0.717, 1.165) is 93.0 Å². The second kappa shape index (κ2) is 15.3. The monoisotopic (exact) mass is 741 g/mol. The first kappa shape index (κ1) is 36.0. The van der Waals surface area contributed by atoms with Crippen LogP contribution in [0.2, 0.25) is 5.02 Å². The molecule has 0 radical (unpaired) electrons. The van der Waals surface area contributed by atoms with Crippen LogP contribution in [0, 0.1) is 0 Å². The second-order valence-corrected chi connectivity index (χ2v) is 14.8. The first-order chi connectivity index (χ1) is 25.2. The molecule has 0 atom stereocenters. The molecule has 2 aromatic carbocycles. The molecule has 5 heterocycles. The molecule has 0 saturated carbocycles. The quantitative estimate of drug-likeness (QED) is 0.0948.